The van der Waals surface area contributed by atoms with Crippen molar-refractivity contribution < 1.29 is 0 Å². The van der Waals surface area contributed by atoms with Crippen molar-refractivity contribution in [1.29, 1.82) is 0 Å². The lowest BCUT2D eigenvalue weighted by atomic mass is 10.1. The van der Waals surface area contributed by atoms with E-state index in [9.17, 15) is 0 Å². The van der Waals surface area contributed by atoms with E-state index in [0.717, 1.165) is 17.9 Å². The Morgan fingerprint density at radius 3 is 2.58 bits per heavy atom. The highest BCUT2D eigenvalue weighted by Crippen LogP contribution is 2.10. The van der Waals surface area contributed by atoms with Gasteiger partial charge in [0.1, 0.15) is 0 Å². The summed E-state index contributed by atoms with van der Waals surface area (Å²) in [5.41, 5.74) is 8.53. The fourth-order valence-electron chi connectivity index (χ4n) is 2.73. The molecule has 0 radical (unpaired) electrons. The number of aromatic nitrogens is 1. The van der Waals surface area contributed by atoms with Crippen LogP contribution in [0.25, 0.3) is 0 Å². The third-order valence-corrected chi connectivity index (χ3v) is 4.13. The lowest BCUT2D eigenvalue weighted by Gasteiger charge is -2.09. The highest BCUT2D eigenvalue weighted by Gasteiger charge is 2.01. The molecule has 0 saturated carbocycles. The van der Waals surface area contributed by atoms with Crippen LogP contribution in [0, 0.1) is 13.8 Å². The summed E-state index contributed by atoms with van der Waals surface area (Å²) in [5.74, 6) is 0. The van der Waals surface area contributed by atoms with Gasteiger partial charge in [-0.05, 0) is 61.5 Å². The van der Waals surface area contributed by atoms with Gasteiger partial charge in [-0.25, -0.2) is 0 Å². The minimum Gasteiger partial charge on any atom is -0.342 e. The van der Waals surface area contributed by atoms with Crippen molar-refractivity contribution in [2.75, 3.05) is 5.32 Å². The van der Waals surface area contributed by atoms with Crippen LogP contribution < -0.4 is 10.7 Å². The summed E-state index contributed by atoms with van der Waals surface area (Å²) in [6.45, 7) is 4.96. The van der Waals surface area contributed by atoms with Gasteiger partial charge in [0, 0.05) is 18.4 Å². The zero-order valence-electron chi connectivity index (χ0n) is 14.9. The number of nitrogens with one attached hydrogen (secondary N) is 2. The van der Waals surface area contributed by atoms with Crippen molar-refractivity contribution in [2.24, 2.45) is 5.10 Å². The topological polar surface area (TPSA) is 41.4 Å². The van der Waals surface area contributed by atoms with Crippen LogP contribution in [0.4, 0.5) is 5.69 Å². The predicted molar refractivity (Wildman–Crippen MR) is 113 cm³/mol. The second-order valence-electron chi connectivity index (χ2n) is 6.24. The standard InChI is InChI=1S/C21H22N4S/c1-16-6-3-8-18(12-16)15-25-11-5-10-20(25)14-22-24-21(26)23-19-9-4-7-17(2)13-19/h3-14H,15H2,1-2H3,(H2,23,24,26)/b22-14+. The molecule has 1 aromatic heterocycles. The van der Waals surface area contributed by atoms with Gasteiger partial charge in [-0.1, -0.05) is 42.0 Å². The van der Waals surface area contributed by atoms with Crippen molar-refractivity contribution in [3.63, 3.8) is 0 Å². The number of hydrogen-bond acceptors (Lipinski definition) is 2. The predicted octanol–water partition coefficient (Wildman–Crippen LogP) is 4.47. The average molecular weight is 363 g/mol. The molecule has 0 unspecified atom stereocenters. The van der Waals surface area contributed by atoms with Crippen LogP contribution in [-0.4, -0.2) is 15.9 Å². The molecule has 0 amide bonds. The van der Waals surface area contributed by atoms with Crippen LogP contribution in [0.5, 0.6) is 0 Å². The number of aryl methyl sites for hydroxylation is 2. The van der Waals surface area contributed by atoms with E-state index in [4.69, 9.17) is 12.2 Å². The molecule has 4 nitrogen and oxygen atoms in total. The summed E-state index contributed by atoms with van der Waals surface area (Å²) in [7, 11) is 0. The van der Waals surface area contributed by atoms with Gasteiger partial charge < -0.3 is 9.88 Å². The van der Waals surface area contributed by atoms with E-state index in [1.165, 1.54) is 16.7 Å². The maximum Gasteiger partial charge on any atom is 0.191 e. The van der Waals surface area contributed by atoms with Gasteiger partial charge in [-0.15, -0.1) is 0 Å². The molecule has 2 aromatic carbocycles. The average Bonchev–Trinajstić information content (AvgIpc) is 3.02. The molecular weight excluding hydrogens is 340 g/mol. The Morgan fingerprint density at radius 2 is 1.81 bits per heavy atom. The molecular formula is C21H22N4S. The first kappa shape index (κ1) is 17.9. The first-order valence-corrected chi connectivity index (χ1v) is 8.88. The van der Waals surface area contributed by atoms with Crippen LogP contribution in [0.1, 0.15) is 22.4 Å². The first-order chi connectivity index (χ1) is 12.6. The van der Waals surface area contributed by atoms with E-state index in [0.29, 0.717) is 5.11 Å². The molecule has 26 heavy (non-hydrogen) atoms. The van der Waals surface area contributed by atoms with Crippen molar-refractivity contribution in [1.82, 2.24) is 9.99 Å². The van der Waals surface area contributed by atoms with Crippen molar-refractivity contribution in [3.8, 4) is 0 Å². The number of hydrogen-bond donors (Lipinski definition) is 2. The fraction of sp³-hybridized carbons (Fsp3) is 0.143. The Balaban J connectivity index is 1.59. The van der Waals surface area contributed by atoms with Crippen LogP contribution in [0.15, 0.2) is 72.0 Å². The number of benzene rings is 2. The number of hydrazone groups is 1. The third kappa shape index (κ3) is 5.04. The third-order valence-electron chi connectivity index (χ3n) is 3.94. The zero-order valence-corrected chi connectivity index (χ0v) is 15.8. The van der Waals surface area contributed by atoms with Gasteiger partial charge in [-0.2, -0.15) is 5.10 Å². The summed E-state index contributed by atoms with van der Waals surface area (Å²) in [5, 5.41) is 7.84. The van der Waals surface area contributed by atoms with E-state index >= 15 is 0 Å². The molecule has 132 valence electrons. The molecule has 0 saturated heterocycles. The Bertz CT molecular complexity index is 927. The molecule has 1 heterocycles. The highest BCUT2D eigenvalue weighted by atomic mass is 32.1. The van der Waals surface area contributed by atoms with Crippen LogP contribution in [0.2, 0.25) is 0 Å². The van der Waals surface area contributed by atoms with Gasteiger partial charge in [0.25, 0.3) is 0 Å². The lowest BCUT2D eigenvalue weighted by molar-refractivity contribution is 0.798. The van der Waals surface area contributed by atoms with E-state index in [1.54, 1.807) is 6.21 Å². The van der Waals surface area contributed by atoms with E-state index in [1.807, 2.05) is 49.5 Å². The number of rotatable bonds is 5. The van der Waals surface area contributed by atoms with Gasteiger partial charge in [0.05, 0.1) is 11.9 Å². The minimum atomic E-state index is 0.462. The SMILES string of the molecule is Cc1cccc(Cn2cccc2/C=N/NC(=S)Nc2cccc(C)c2)c1. The molecule has 0 atom stereocenters. The molecule has 0 aliphatic carbocycles. The Morgan fingerprint density at radius 1 is 1.04 bits per heavy atom. The largest absolute Gasteiger partial charge is 0.342 e. The summed E-state index contributed by atoms with van der Waals surface area (Å²) in [4.78, 5) is 0. The second kappa shape index (κ2) is 8.45. The molecule has 0 aliphatic heterocycles. The first-order valence-electron chi connectivity index (χ1n) is 8.47. The maximum absolute atomic E-state index is 5.28. The van der Waals surface area contributed by atoms with Crippen molar-refractivity contribution >= 4 is 29.2 Å². The normalized spacial score (nSPS) is 10.8. The van der Waals surface area contributed by atoms with Crippen LogP contribution in [-0.2, 0) is 6.54 Å². The van der Waals surface area contributed by atoms with E-state index in [-0.39, 0.29) is 0 Å². The molecule has 0 spiro atoms. The van der Waals surface area contributed by atoms with Gasteiger partial charge in [0.2, 0.25) is 0 Å². The van der Waals surface area contributed by atoms with E-state index in [2.05, 4.69) is 51.6 Å². The molecule has 0 fully saturated rings. The van der Waals surface area contributed by atoms with E-state index < -0.39 is 0 Å². The molecule has 0 aliphatic rings. The van der Waals surface area contributed by atoms with Gasteiger partial charge >= 0.3 is 0 Å². The molecule has 3 rings (SSSR count). The Hall–Kier alpha value is -2.92. The summed E-state index contributed by atoms with van der Waals surface area (Å²) in [6.07, 6.45) is 3.83. The number of thiocarbonyl (C=S) groups is 1. The Kier molecular flexibility index (Phi) is 5.81. The summed E-state index contributed by atoms with van der Waals surface area (Å²) >= 11 is 5.28. The van der Waals surface area contributed by atoms with Crippen molar-refractivity contribution in [2.45, 2.75) is 20.4 Å². The van der Waals surface area contributed by atoms with Crippen molar-refractivity contribution in [3.05, 3.63) is 89.2 Å². The molecule has 0 bridgehead atoms. The zero-order chi connectivity index (χ0) is 18.4. The number of anilines is 1. The van der Waals surface area contributed by atoms with Gasteiger partial charge in [-0.3, -0.25) is 5.43 Å². The summed E-state index contributed by atoms with van der Waals surface area (Å²) in [6, 6.07) is 20.6. The van der Waals surface area contributed by atoms with Gasteiger partial charge in [0.15, 0.2) is 5.11 Å². The molecule has 3 aromatic rings. The smallest absolute Gasteiger partial charge is 0.191 e. The second-order valence-corrected chi connectivity index (χ2v) is 6.65. The quantitative estimate of drug-likeness (QED) is 0.400. The summed E-state index contributed by atoms with van der Waals surface area (Å²) < 4.78 is 2.15. The minimum absolute atomic E-state index is 0.462. The van der Waals surface area contributed by atoms with Crippen LogP contribution in [0.3, 0.4) is 0 Å². The lowest BCUT2D eigenvalue weighted by Crippen LogP contribution is -2.24. The Labute approximate surface area is 159 Å². The fourth-order valence-corrected chi connectivity index (χ4v) is 2.91. The molecule has 5 heteroatoms. The monoisotopic (exact) mass is 362 g/mol. The maximum atomic E-state index is 5.28. The molecule has 2 N–H and O–H groups in total. The highest BCUT2D eigenvalue weighted by molar-refractivity contribution is 7.80. The number of nitrogens with zero attached hydrogens (tertiary/aromatic N) is 2. The van der Waals surface area contributed by atoms with Crippen LogP contribution >= 0.6 is 12.2 Å².